The van der Waals surface area contributed by atoms with Crippen molar-refractivity contribution in [3.05, 3.63) is 35.3 Å². The fourth-order valence-electron chi connectivity index (χ4n) is 2.65. The Morgan fingerprint density at radius 3 is 2.57 bits per heavy atom. The van der Waals surface area contributed by atoms with Gasteiger partial charge in [-0.3, -0.25) is 4.40 Å². The van der Waals surface area contributed by atoms with Crippen LogP contribution in [0.4, 0.5) is 0 Å². The molecule has 1 atom stereocenters. The summed E-state index contributed by atoms with van der Waals surface area (Å²) in [7, 11) is 0. The number of aryl methyl sites for hydroxylation is 1. The number of quaternary nitrogens is 1. The Kier molecular flexibility index (Phi) is 4.05. The van der Waals surface area contributed by atoms with Gasteiger partial charge in [-0.2, -0.15) is 0 Å². The average molecular weight is 289 g/mol. The van der Waals surface area contributed by atoms with E-state index in [4.69, 9.17) is 0 Å². The highest BCUT2D eigenvalue weighted by atomic mass is 16.4. The van der Waals surface area contributed by atoms with E-state index < -0.39 is 5.97 Å². The molecular weight excluding hydrogens is 266 g/mol. The van der Waals surface area contributed by atoms with Gasteiger partial charge in [0.25, 0.3) is 0 Å². The number of carbonyl (C=O) groups excluding carboxylic acids is 1. The first-order chi connectivity index (χ1) is 9.74. The highest BCUT2D eigenvalue weighted by Crippen LogP contribution is 2.13. The van der Waals surface area contributed by atoms with Gasteiger partial charge in [0.2, 0.25) is 0 Å². The van der Waals surface area contributed by atoms with Crippen LogP contribution >= 0.6 is 0 Å². The number of nitrogens with zero attached hydrogens (tertiary/aromatic N) is 2. The van der Waals surface area contributed by atoms with Gasteiger partial charge < -0.3 is 14.8 Å². The summed E-state index contributed by atoms with van der Waals surface area (Å²) in [6.45, 7) is 12.1. The molecule has 0 spiro atoms. The van der Waals surface area contributed by atoms with Crippen molar-refractivity contribution in [1.82, 2.24) is 9.38 Å². The lowest BCUT2D eigenvalue weighted by Crippen LogP contribution is -3.17. The number of aromatic carboxylic acids is 1. The minimum Gasteiger partial charge on any atom is -0.543 e. The number of aromatic nitrogens is 2. The molecule has 5 nitrogen and oxygen atoms in total. The van der Waals surface area contributed by atoms with Crippen LogP contribution in [0, 0.1) is 6.92 Å². The summed E-state index contributed by atoms with van der Waals surface area (Å²) in [6, 6.07) is 3.77. The van der Waals surface area contributed by atoms with E-state index in [0.717, 1.165) is 12.1 Å². The lowest BCUT2D eigenvalue weighted by atomic mass is 10.1. The molecule has 0 fully saturated rings. The lowest BCUT2D eigenvalue weighted by Gasteiger charge is -2.31. The van der Waals surface area contributed by atoms with E-state index in [2.05, 4.69) is 32.7 Å². The van der Waals surface area contributed by atoms with Crippen molar-refractivity contribution in [3.8, 4) is 0 Å². The van der Waals surface area contributed by atoms with Gasteiger partial charge >= 0.3 is 0 Å². The van der Waals surface area contributed by atoms with Gasteiger partial charge in [-0.1, -0.05) is 6.07 Å². The molecule has 114 valence electrons. The molecule has 0 aliphatic carbocycles. The summed E-state index contributed by atoms with van der Waals surface area (Å²) in [5.41, 5.74) is 2.52. The van der Waals surface area contributed by atoms with E-state index in [0.29, 0.717) is 17.9 Å². The van der Waals surface area contributed by atoms with Gasteiger partial charge in [-0.05, 0) is 46.2 Å². The monoisotopic (exact) mass is 289 g/mol. The molecule has 2 rings (SSSR count). The first kappa shape index (κ1) is 15.5. The number of pyridine rings is 1. The maximum atomic E-state index is 11.4. The third kappa shape index (κ3) is 3.08. The van der Waals surface area contributed by atoms with Gasteiger partial charge in [-0.25, -0.2) is 4.98 Å². The van der Waals surface area contributed by atoms with E-state index in [1.807, 2.05) is 29.7 Å². The Balaban J connectivity index is 2.57. The topological polar surface area (TPSA) is 61.9 Å². The van der Waals surface area contributed by atoms with Gasteiger partial charge in [0.05, 0.1) is 18.1 Å². The van der Waals surface area contributed by atoms with E-state index in [9.17, 15) is 9.90 Å². The second-order valence-corrected chi connectivity index (χ2v) is 6.51. The van der Waals surface area contributed by atoms with Crippen molar-refractivity contribution >= 4 is 11.6 Å². The number of fused-ring (bicyclic) bond motifs is 1. The molecule has 0 aliphatic rings. The van der Waals surface area contributed by atoms with Crippen molar-refractivity contribution in [2.45, 2.75) is 46.7 Å². The smallest absolute Gasteiger partial charge is 0.137 e. The highest BCUT2D eigenvalue weighted by molar-refractivity contribution is 5.86. The zero-order valence-corrected chi connectivity index (χ0v) is 13.4. The fourth-order valence-corrected chi connectivity index (χ4v) is 2.65. The van der Waals surface area contributed by atoms with Crippen molar-refractivity contribution in [2.75, 3.05) is 6.54 Å². The number of rotatable bonds is 4. The molecule has 0 amide bonds. The Bertz CT molecular complexity index is 668. The van der Waals surface area contributed by atoms with Crippen LogP contribution in [0.2, 0.25) is 0 Å². The van der Waals surface area contributed by atoms with E-state index in [1.165, 1.54) is 4.90 Å². The number of carbonyl (C=O) groups is 1. The van der Waals surface area contributed by atoms with Crippen molar-refractivity contribution in [2.24, 2.45) is 0 Å². The van der Waals surface area contributed by atoms with Crippen molar-refractivity contribution in [3.63, 3.8) is 0 Å². The zero-order chi connectivity index (χ0) is 15.8. The Morgan fingerprint density at radius 1 is 1.38 bits per heavy atom. The lowest BCUT2D eigenvalue weighted by molar-refractivity contribution is -0.958. The van der Waals surface area contributed by atoms with Gasteiger partial charge in [0.15, 0.2) is 0 Å². The maximum absolute atomic E-state index is 11.4. The van der Waals surface area contributed by atoms with Crippen LogP contribution in [0.15, 0.2) is 18.3 Å². The van der Waals surface area contributed by atoms with E-state index >= 15 is 0 Å². The quantitative estimate of drug-likeness (QED) is 0.875. The molecule has 0 saturated carbocycles. The van der Waals surface area contributed by atoms with Crippen molar-refractivity contribution in [1.29, 1.82) is 0 Å². The summed E-state index contributed by atoms with van der Waals surface area (Å²) in [4.78, 5) is 16.9. The number of imidazole rings is 1. The molecule has 1 unspecified atom stereocenters. The zero-order valence-electron chi connectivity index (χ0n) is 13.4. The summed E-state index contributed by atoms with van der Waals surface area (Å²) in [5, 5.41) is 11.4. The molecule has 0 aliphatic heterocycles. The fraction of sp³-hybridized carbons (Fsp3) is 0.500. The SMILES string of the molecule is CC[NH+](Cc1c(C(=O)[O-])nc2ccc(C)cn12)C(C)(C)C. The maximum Gasteiger partial charge on any atom is 0.137 e. The minimum atomic E-state index is -1.21. The van der Waals surface area contributed by atoms with E-state index in [1.54, 1.807) is 0 Å². The average Bonchev–Trinajstić information content (AvgIpc) is 2.72. The second-order valence-electron chi connectivity index (χ2n) is 6.51. The normalized spacial score (nSPS) is 13.6. The molecule has 0 aromatic carbocycles. The molecule has 2 aromatic heterocycles. The van der Waals surface area contributed by atoms with Gasteiger partial charge in [0, 0.05) is 6.20 Å². The van der Waals surface area contributed by atoms with Crippen LogP contribution < -0.4 is 10.0 Å². The predicted molar refractivity (Wildman–Crippen MR) is 79.2 cm³/mol. The molecule has 2 aromatic rings. The number of carboxylic acid groups (broad SMARTS) is 1. The number of carboxylic acids is 1. The van der Waals surface area contributed by atoms with Crippen LogP contribution in [0.1, 0.15) is 49.4 Å². The van der Waals surface area contributed by atoms with Crippen LogP contribution in [0.5, 0.6) is 0 Å². The first-order valence-electron chi connectivity index (χ1n) is 7.28. The second kappa shape index (κ2) is 5.48. The summed E-state index contributed by atoms with van der Waals surface area (Å²) < 4.78 is 1.88. The molecule has 2 heterocycles. The van der Waals surface area contributed by atoms with Crippen LogP contribution in [0.25, 0.3) is 5.65 Å². The van der Waals surface area contributed by atoms with E-state index in [-0.39, 0.29) is 11.2 Å². The molecule has 0 radical (unpaired) electrons. The summed E-state index contributed by atoms with van der Waals surface area (Å²) in [6.07, 6.45) is 1.93. The van der Waals surface area contributed by atoms with Crippen LogP contribution in [-0.2, 0) is 6.54 Å². The highest BCUT2D eigenvalue weighted by Gasteiger charge is 2.27. The predicted octanol–water partition coefficient (Wildman–Crippen LogP) is 0.210. The Labute approximate surface area is 125 Å². The third-order valence-corrected chi connectivity index (χ3v) is 3.93. The van der Waals surface area contributed by atoms with Crippen LogP contribution in [0.3, 0.4) is 0 Å². The first-order valence-corrected chi connectivity index (χ1v) is 7.28. The number of hydrogen-bond donors (Lipinski definition) is 1. The number of hydrogen-bond acceptors (Lipinski definition) is 3. The Morgan fingerprint density at radius 2 is 2.05 bits per heavy atom. The Hall–Kier alpha value is -1.88. The molecule has 5 heteroatoms. The molecule has 21 heavy (non-hydrogen) atoms. The standard InChI is InChI=1S/C16H23N3O2/c1-6-18(16(3,4)5)10-12-14(15(20)21)17-13-8-7-11(2)9-19(12)13/h7-9H,6,10H2,1-5H3,(H,20,21). The molecule has 1 N–H and O–H groups in total. The number of nitrogens with one attached hydrogen (secondary N) is 1. The summed E-state index contributed by atoms with van der Waals surface area (Å²) in [5.74, 6) is -1.21. The third-order valence-electron chi connectivity index (χ3n) is 3.93. The minimum absolute atomic E-state index is 0.0337. The largest absolute Gasteiger partial charge is 0.543 e. The molecule has 0 bridgehead atoms. The van der Waals surface area contributed by atoms with Gasteiger partial charge in [-0.15, -0.1) is 0 Å². The van der Waals surface area contributed by atoms with Crippen molar-refractivity contribution < 1.29 is 14.8 Å². The molecular formula is C16H23N3O2. The summed E-state index contributed by atoms with van der Waals surface area (Å²) >= 11 is 0. The van der Waals surface area contributed by atoms with Gasteiger partial charge in [0.1, 0.15) is 23.6 Å². The van der Waals surface area contributed by atoms with Crippen LogP contribution in [-0.4, -0.2) is 27.4 Å². The molecule has 0 saturated heterocycles.